The lowest BCUT2D eigenvalue weighted by molar-refractivity contribution is 0.304. The second kappa shape index (κ2) is 9.48. The molecule has 18 heavy (non-hydrogen) atoms. The van der Waals surface area contributed by atoms with Crippen LogP contribution in [-0.2, 0) is 0 Å². The molecule has 1 aromatic carbocycles. The van der Waals surface area contributed by atoms with Crippen LogP contribution in [0.2, 0.25) is 10.0 Å². The minimum Gasteiger partial charge on any atom is -0.492 e. The van der Waals surface area contributed by atoms with E-state index in [9.17, 15) is 0 Å². The SMILES string of the molecule is CCNCCCCCCOc1ccc(Cl)cc1Cl. The van der Waals surface area contributed by atoms with Gasteiger partial charge >= 0.3 is 0 Å². The maximum atomic E-state index is 6.01. The van der Waals surface area contributed by atoms with E-state index in [1.54, 1.807) is 12.1 Å². The molecule has 0 aromatic heterocycles. The van der Waals surface area contributed by atoms with E-state index >= 15 is 0 Å². The van der Waals surface area contributed by atoms with Gasteiger partial charge in [0, 0.05) is 5.02 Å². The predicted molar refractivity (Wildman–Crippen MR) is 79.0 cm³/mol. The molecule has 0 spiro atoms. The lowest BCUT2D eigenvalue weighted by Crippen LogP contribution is -2.13. The zero-order valence-corrected chi connectivity index (χ0v) is 12.4. The molecule has 0 fully saturated rings. The average molecular weight is 290 g/mol. The van der Waals surface area contributed by atoms with Gasteiger partial charge in [-0.2, -0.15) is 0 Å². The van der Waals surface area contributed by atoms with Gasteiger partial charge in [-0.1, -0.05) is 43.0 Å². The van der Waals surface area contributed by atoms with E-state index in [0.717, 1.165) is 19.5 Å². The smallest absolute Gasteiger partial charge is 0.137 e. The molecule has 0 radical (unpaired) electrons. The van der Waals surface area contributed by atoms with E-state index in [1.807, 2.05) is 6.07 Å². The van der Waals surface area contributed by atoms with Crippen LogP contribution in [0.1, 0.15) is 32.6 Å². The Labute approximate surface area is 120 Å². The van der Waals surface area contributed by atoms with E-state index in [2.05, 4.69) is 12.2 Å². The van der Waals surface area contributed by atoms with E-state index < -0.39 is 0 Å². The summed E-state index contributed by atoms with van der Waals surface area (Å²) in [7, 11) is 0. The van der Waals surface area contributed by atoms with Crippen molar-refractivity contribution in [1.82, 2.24) is 5.32 Å². The van der Waals surface area contributed by atoms with Crippen molar-refractivity contribution >= 4 is 23.2 Å². The third-order valence-electron chi connectivity index (χ3n) is 2.65. The first-order chi connectivity index (χ1) is 8.74. The van der Waals surface area contributed by atoms with Crippen molar-refractivity contribution in [3.63, 3.8) is 0 Å². The number of hydrogen-bond donors (Lipinski definition) is 1. The van der Waals surface area contributed by atoms with Crippen molar-refractivity contribution in [1.29, 1.82) is 0 Å². The van der Waals surface area contributed by atoms with Gasteiger partial charge in [-0.3, -0.25) is 0 Å². The van der Waals surface area contributed by atoms with Crippen LogP contribution in [0.3, 0.4) is 0 Å². The molecule has 0 aliphatic rings. The van der Waals surface area contributed by atoms with Crippen molar-refractivity contribution in [2.75, 3.05) is 19.7 Å². The number of ether oxygens (including phenoxy) is 1. The van der Waals surface area contributed by atoms with Gasteiger partial charge in [0.05, 0.1) is 11.6 Å². The van der Waals surface area contributed by atoms with Crippen molar-refractivity contribution in [2.45, 2.75) is 32.6 Å². The molecule has 0 bridgehead atoms. The first kappa shape index (κ1) is 15.6. The highest BCUT2D eigenvalue weighted by molar-refractivity contribution is 6.35. The molecule has 0 amide bonds. The monoisotopic (exact) mass is 289 g/mol. The Bertz CT molecular complexity index is 345. The number of halogens is 2. The van der Waals surface area contributed by atoms with E-state index in [-0.39, 0.29) is 0 Å². The fourth-order valence-corrected chi connectivity index (χ4v) is 2.12. The van der Waals surface area contributed by atoms with Gasteiger partial charge in [0.1, 0.15) is 5.75 Å². The van der Waals surface area contributed by atoms with E-state index in [1.165, 1.54) is 19.3 Å². The zero-order valence-electron chi connectivity index (χ0n) is 10.8. The molecule has 1 aromatic rings. The lowest BCUT2D eigenvalue weighted by atomic mass is 10.2. The molecule has 1 rings (SSSR count). The van der Waals surface area contributed by atoms with Gasteiger partial charge in [0.15, 0.2) is 0 Å². The van der Waals surface area contributed by atoms with Gasteiger partial charge in [0.2, 0.25) is 0 Å². The highest BCUT2D eigenvalue weighted by Crippen LogP contribution is 2.27. The van der Waals surface area contributed by atoms with Gasteiger partial charge in [-0.25, -0.2) is 0 Å². The Morgan fingerprint density at radius 3 is 2.61 bits per heavy atom. The Balaban J connectivity index is 2.07. The summed E-state index contributed by atoms with van der Waals surface area (Å²) in [5.41, 5.74) is 0. The second-order valence-corrected chi connectivity index (χ2v) is 5.03. The fraction of sp³-hybridized carbons (Fsp3) is 0.571. The molecule has 2 nitrogen and oxygen atoms in total. The second-order valence-electron chi connectivity index (χ2n) is 4.19. The third kappa shape index (κ3) is 6.48. The largest absolute Gasteiger partial charge is 0.492 e. The summed E-state index contributed by atoms with van der Waals surface area (Å²) >= 11 is 11.8. The van der Waals surface area contributed by atoms with Crippen molar-refractivity contribution in [3.05, 3.63) is 28.2 Å². The topological polar surface area (TPSA) is 21.3 Å². The first-order valence-electron chi connectivity index (χ1n) is 6.52. The maximum absolute atomic E-state index is 6.01. The lowest BCUT2D eigenvalue weighted by Gasteiger charge is -2.08. The molecule has 102 valence electrons. The summed E-state index contributed by atoms with van der Waals surface area (Å²) in [6, 6.07) is 5.31. The molecule has 4 heteroatoms. The summed E-state index contributed by atoms with van der Waals surface area (Å²) in [4.78, 5) is 0. The van der Waals surface area contributed by atoms with E-state index in [4.69, 9.17) is 27.9 Å². The van der Waals surface area contributed by atoms with Crippen molar-refractivity contribution in [3.8, 4) is 5.75 Å². The van der Waals surface area contributed by atoms with Crippen LogP contribution in [-0.4, -0.2) is 19.7 Å². The van der Waals surface area contributed by atoms with Crippen LogP contribution < -0.4 is 10.1 Å². The number of unbranched alkanes of at least 4 members (excludes halogenated alkanes) is 3. The van der Waals surface area contributed by atoms with Crippen LogP contribution in [0.4, 0.5) is 0 Å². The van der Waals surface area contributed by atoms with Gasteiger partial charge < -0.3 is 10.1 Å². The first-order valence-corrected chi connectivity index (χ1v) is 7.28. The number of benzene rings is 1. The molecule has 0 unspecified atom stereocenters. The summed E-state index contributed by atoms with van der Waals surface area (Å²) in [6.07, 6.45) is 4.72. The fourth-order valence-electron chi connectivity index (χ4n) is 1.66. The maximum Gasteiger partial charge on any atom is 0.137 e. The molecule has 0 saturated heterocycles. The molecule has 0 aliphatic heterocycles. The normalized spacial score (nSPS) is 10.6. The van der Waals surface area contributed by atoms with Crippen LogP contribution in [0, 0.1) is 0 Å². The van der Waals surface area contributed by atoms with Gasteiger partial charge in [0.25, 0.3) is 0 Å². The highest BCUT2D eigenvalue weighted by atomic mass is 35.5. The van der Waals surface area contributed by atoms with Crippen LogP contribution in [0.5, 0.6) is 5.75 Å². The Morgan fingerprint density at radius 1 is 1.11 bits per heavy atom. The zero-order chi connectivity index (χ0) is 13.2. The van der Waals surface area contributed by atoms with Gasteiger partial charge in [-0.15, -0.1) is 0 Å². The number of hydrogen-bond acceptors (Lipinski definition) is 2. The quantitative estimate of drug-likeness (QED) is 0.674. The number of nitrogens with one attached hydrogen (secondary N) is 1. The van der Waals surface area contributed by atoms with Crippen LogP contribution >= 0.6 is 23.2 Å². The molecule has 0 atom stereocenters. The molecular formula is C14H21Cl2NO. The minimum absolute atomic E-state index is 0.578. The molecule has 0 saturated carbocycles. The minimum atomic E-state index is 0.578. The predicted octanol–water partition coefficient (Wildman–Crippen LogP) is 4.54. The Morgan fingerprint density at radius 2 is 1.89 bits per heavy atom. The van der Waals surface area contributed by atoms with Crippen molar-refractivity contribution in [2.24, 2.45) is 0 Å². The molecular weight excluding hydrogens is 269 g/mol. The summed E-state index contributed by atoms with van der Waals surface area (Å²) in [5, 5.41) is 4.53. The Hall–Kier alpha value is -0.440. The van der Waals surface area contributed by atoms with Crippen molar-refractivity contribution < 1.29 is 4.74 Å². The molecule has 1 N–H and O–H groups in total. The van der Waals surface area contributed by atoms with E-state index in [0.29, 0.717) is 22.4 Å². The molecule has 0 aliphatic carbocycles. The number of rotatable bonds is 9. The van der Waals surface area contributed by atoms with Gasteiger partial charge in [-0.05, 0) is 44.1 Å². The summed E-state index contributed by atoms with van der Waals surface area (Å²) < 4.78 is 5.61. The summed E-state index contributed by atoms with van der Waals surface area (Å²) in [6.45, 7) is 5.00. The van der Waals surface area contributed by atoms with Crippen LogP contribution in [0.15, 0.2) is 18.2 Å². The highest BCUT2D eigenvalue weighted by Gasteiger charge is 2.01. The standard InChI is InChI=1S/C14H21Cl2NO/c1-2-17-9-5-3-4-6-10-18-14-8-7-12(15)11-13(14)16/h7-8,11,17H,2-6,9-10H2,1H3. The summed E-state index contributed by atoms with van der Waals surface area (Å²) in [5.74, 6) is 0.716. The third-order valence-corrected chi connectivity index (χ3v) is 3.18. The Kier molecular flexibility index (Phi) is 8.23. The molecule has 0 heterocycles. The van der Waals surface area contributed by atoms with Crippen LogP contribution in [0.25, 0.3) is 0 Å². The average Bonchev–Trinajstić information content (AvgIpc) is 2.35.